The molecule has 2 heteroatoms. The fraction of sp³-hybridized carbons (Fsp3) is 0.250. The third-order valence-corrected chi connectivity index (χ3v) is 2.20. The average molecular weight is 262 g/mol. The molecule has 0 N–H and O–H groups in total. The maximum absolute atomic E-state index is 5.24. The molecule has 0 bridgehead atoms. The van der Waals surface area contributed by atoms with Gasteiger partial charge in [0.15, 0.2) is 0 Å². The van der Waals surface area contributed by atoms with Gasteiger partial charge in [-0.1, -0.05) is 0 Å². The Morgan fingerprint density at radius 2 is 1.60 bits per heavy atom. The van der Waals surface area contributed by atoms with E-state index in [9.17, 15) is 0 Å². The van der Waals surface area contributed by atoms with Gasteiger partial charge < -0.3 is 0 Å². The van der Waals surface area contributed by atoms with Crippen LogP contribution >= 0.6 is 0 Å². The van der Waals surface area contributed by atoms with E-state index in [1.165, 1.54) is 11.1 Å². The molecule has 0 amide bonds. The van der Waals surface area contributed by atoms with Gasteiger partial charge in [-0.2, -0.15) is 0 Å². The quantitative estimate of drug-likeness (QED) is 0.753. The van der Waals surface area contributed by atoms with Gasteiger partial charge in [0.25, 0.3) is 0 Å². The van der Waals surface area contributed by atoms with Gasteiger partial charge in [-0.25, -0.2) is 0 Å². The topological polar surface area (TPSA) is 9.23 Å². The van der Waals surface area contributed by atoms with Crippen LogP contribution in [0.1, 0.15) is 11.1 Å². The SMILES string of the molecule is Cc1cc(C)cc([O][Pr])c1. The van der Waals surface area contributed by atoms with Crippen molar-refractivity contribution in [1.29, 1.82) is 0 Å². The zero-order valence-corrected chi connectivity index (χ0v) is 9.92. The summed E-state index contributed by atoms with van der Waals surface area (Å²) >= 11 is 0.589. The molecule has 0 saturated heterocycles. The third kappa shape index (κ3) is 2.21. The van der Waals surface area contributed by atoms with E-state index in [1.807, 2.05) is 0 Å². The Bertz CT molecular complexity index is 212. The molecule has 0 saturated carbocycles. The van der Waals surface area contributed by atoms with Crippen molar-refractivity contribution in [2.24, 2.45) is 0 Å². The van der Waals surface area contributed by atoms with E-state index in [1.54, 1.807) is 0 Å². The molecule has 50 valence electrons. The molecule has 1 aromatic rings. The molecule has 1 rings (SSSR count). The first-order chi connectivity index (χ1) is 4.72. The van der Waals surface area contributed by atoms with Gasteiger partial charge in [0.05, 0.1) is 0 Å². The molecule has 0 aliphatic carbocycles. The Morgan fingerprint density at radius 3 is 2.00 bits per heavy atom. The summed E-state index contributed by atoms with van der Waals surface area (Å²) in [6, 6.07) is 6.27. The Labute approximate surface area is 88.8 Å². The van der Waals surface area contributed by atoms with E-state index in [-0.39, 0.29) is 0 Å². The minimum absolute atomic E-state index is 0.589. The van der Waals surface area contributed by atoms with E-state index in [4.69, 9.17) is 1.01 Å². The zero-order valence-electron chi connectivity index (χ0n) is 6.22. The van der Waals surface area contributed by atoms with Crippen molar-refractivity contribution in [2.45, 2.75) is 13.8 Å². The van der Waals surface area contributed by atoms with Crippen molar-refractivity contribution in [2.75, 3.05) is 0 Å². The monoisotopic (exact) mass is 262 g/mol. The van der Waals surface area contributed by atoms with E-state index in [0.29, 0.717) is 39.8 Å². The van der Waals surface area contributed by atoms with Crippen molar-refractivity contribution < 1.29 is 40.8 Å². The van der Waals surface area contributed by atoms with Gasteiger partial charge in [0, 0.05) is 0 Å². The molecule has 10 heavy (non-hydrogen) atoms. The number of aryl methyl sites for hydroxylation is 2. The third-order valence-electron chi connectivity index (χ3n) is 1.33. The summed E-state index contributed by atoms with van der Waals surface area (Å²) in [7, 11) is 0. The molecule has 0 aliphatic rings. The molecule has 0 heterocycles. The van der Waals surface area contributed by atoms with Crippen molar-refractivity contribution >= 4 is 0 Å². The second kappa shape index (κ2) is 3.68. The summed E-state index contributed by atoms with van der Waals surface area (Å²) < 4.78 is 5.24. The Kier molecular flexibility index (Phi) is 3.12. The number of rotatable bonds is 1. The van der Waals surface area contributed by atoms with Gasteiger partial charge in [-0.05, 0) is 0 Å². The van der Waals surface area contributed by atoms with Crippen LogP contribution < -0.4 is 1.01 Å². The van der Waals surface area contributed by atoms with E-state index in [0.717, 1.165) is 5.75 Å². The second-order valence-electron chi connectivity index (χ2n) is 2.44. The van der Waals surface area contributed by atoms with Crippen molar-refractivity contribution in [3.05, 3.63) is 29.3 Å². The van der Waals surface area contributed by atoms with E-state index < -0.39 is 0 Å². The van der Waals surface area contributed by atoms with Crippen molar-refractivity contribution in [3.63, 3.8) is 0 Å². The van der Waals surface area contributed by atoms with Gasteiger partial charge in [0.1, 0.15) is 0 Å². The van der Waals surface area contributed by atoms with Crippen LogP contribution in [0.5, 0.6) is 5.75 Å². The molecule has 1 aromatic carbocycles. The van der Waals surface area contributed by atoms with Gasteiger partial charge in [-0.3, -0.25) is 0 Å². The van der Waals surface area contributed by atoms with Crippen LogP contribution in [0, 0.1) is 53.7 Å². The number of hydrogen-bond donors (Lipinski definition) is 0. The summed E-state index contributed by atoms with van der Waals surface area (Å²) in [6.45, 7) is 4.17. The van der Waals surface area contributed by atoms with Gasteiger partial charge >= 0.3 is 89.7 Å². The van der Waals surface area contributed by atoms with Crippen LogP contribution in [-0.4, -0.2) is 0 Å². The Balaban J connectivity index is 3.06. The van der Waals surface area contributed by atoms with Crippen molar-refractivity contribution in [1.82, 2.24) is 0 Å². The first-order valence-corrected chi connectivity index (χ1v) is 4.68. The van der Waals surface area contributed by atoms with Crippen LogP contribution in [0.3, 0.4) is 0 Å². The summed E-state index contributed by atoms with van der Waals surface area (Å²) in [4.78, 5) is 0. The molecular formula is C8H9OPr. The average Bonchev–Trinajstić information content (AvgIpc) is 1.85. The van der Waals surface area contributed by atoms with Crippen molar-refractivity contribution in [3.8, 4) is 5.75 Å². The summed E-state index contributed by atoms with van der Waals surface area (Å²) in [5.41, 5.74) is 2.55. The molecular weight excluding hydrogens is 253 g/mol. The molecule has 0 spiro atoms. The van der Waals surface area contributed by atoms with Gasteiger partial charge in [0.2, 0.25) is 0 Å². The first kappa shape index (κ1) is 8.48. The number of benzene rings is 1. The molecule has 0 unspecified atom stereocenters. The summed E-state index contributed by atoms with van der Waals surface area (Å²) in [5, 5.41) is 0. The molecule has 0 aromatic heterocycles. The number of hydrogen-bond acceptors (Lipinski definition) is 1. The Hall–Kier alpha value is 0.384. The van der Waals surface area contributed by atoms with E-state index >= 15 is 0 Å². The normalized spacial score (nSPS) is 9.30. The first-order valence-electron chi connectivity index (χ1n) is 3.17. The van der Waals surface area contributed by atoms with Crippen LogP contribution in [0.15, 0.2) is 18.2 Å². The standard InChI is InChI=1S/C8H10O.Pr/c1-6-3-7(2)5-8(9)4-6;/h3-5,9H,1-2H3;/q;+1/p-1. The summed E-state index contributed by atoms with van der Waals surface area (Å²) in [5.74, 6) is 1.02. The van der Waals surface area contributed by atoms with E-state index in [2.05, 4.69) is 32.0 Å². The fourth-order valence-electron chi connectivity index (χ4n) is 1.00. The predicted octanol–water partition coefficient (Wildman–Crippen LogP) is 2.15. The molecule has 0 atom stereocenters. The maximum atomic E-state index is 5.24. The molecule has 0 radical (unpaired) electrons. The predicted molar refractivity (Wildman–Crippen MR) is 36.5 cm³/mol. The second-order valence-corrected chi connectivity index (χ2v) is 3.20. The van der Waals surface area contributed by atoms with Crippen LogP contribution in [0.4, 0.5) is 0 Å². The van der Waals surface area contributed by atoms with Crippen LogP contribution in [-0.2, 0) is 0 Å². The van der Waals surface area contributed by atoms with Crippen LogP contribution in [0.25, 0.3) is 0 Å². The molecule has 1 nitrogen and oxygen atoms in total. The zero-order chi connectivity index (χ0) is 7.56. The molecule has 0 fully saturated rings. The minimum atomic E-state index is 0.589. The summed E-state index contributed by atoms with van der Waals surface area (Å²) in [6.07, 6.45) is 0. The van der Waals surface area contributed by atoms with Gasteiger partial charge in [-0.15, -0.1) is 0 Å². The van der Waals surface area contributed by atoms with Crippen LogP contribution in [0.2, 0.25) is 0 Å². The molecule has 0 aliphatic heterocycles. The Morgan fingerprint density at radius 1 is 1.10 bits per heavy atom. The fourth-order valence-corrected chi connectivity index (χ4v) is 1.44.